The van der Waals surface area contributed by atoms with Crippen molar-refractivity contribution in [3.8, 4) is 0 Å². The predicted octanol–water partition coefficient (Wildman–Crippen LogP) is 2.50. The van der Waals surface area contributed by atoms with Crippen LogP contribution in [0.2, 0.25) is 0 Å². The summed E-state index contributed by atoms with van der Waals surface area (Å²) < 4.78 is 5.45. The summed E-state index contributed by atoms with van der Waals surface area (Å²) in [6, 6.07) is 0. The first-order valence-electron chi connectivity index (χ1n) is 8.08. The van der Waals surface area contributed by atoms with Gasteiger partial charge < -0.3 is 20.1 Å². The van der Waals surface area contributed by atoms with Crippen LogP contribution in [0.5, 0.6) is 0 Å². The van der Waals surface area contributed by atoms with Gasteiger partial charge in [-0.1, -0.05) is 13.8 Å². The van der Waals surface area contributed by atoms with Crippen molar-refractivity contribution in [3.63, 3.8) is 0 Å². The maximum Gasteiger partial charge on any atom is 0.194 e. The van der Waals surface area contributed by atoms with Crippen LogP contribution in [0.4, 0.5) is 0 Å². The zero-order chi connectivity index (χ0) is 17.2. The van der Waals surface area contributed by atoms with Gasteiger partial charge in [0.25, 0.3) is 0 Å². The average Bonchev–Trinajstić information content (AvgIpc) is 2.88. The molecule has 0 amide bonds. The zero-order valence-corrected chi connectivity index (χ0v) is 18.4. The number of nitrogens with zero attached hydrogens (tertiary/aromatic N) is 3. The van der Waals surface area contributed by atoms with Crippen LogP contribution >= 0.6 is 35.3 Å². The Hall–Kier alpha value is -0.450. The van der Waals surface area contributed by atoms with Crippen LogP contribution in [0, 0.1) is 12.8 Å². The van der Waals surface area contributed by atoms with Crippen molar-refractivity contribution in [2.45, 2.75) is 40.3 Å². The fraction of sp³-hybridized carbons (Fsp3) is 0.750. The Morgan fingerprint density at radius 3 is 2.71 bits per heavy atom. The largest absolute Gasteiger partial charge is 0.389 e. The first kappa shape index (κ1) is 23.5. The molecule has 1 atom stereocenters. The van der Waals surface area contributed by atoms with Crippen LogP contribution in [0.15, 0.2) is 10.4 Å². The van der Waals surface area contributed by atoms with E-state index < -0.39 is 6.10 Å². The summed E-state index contributed by atoms with van der Waals surface area (Å²) in [4.78, 5) is 11.0. The summed E-state index contributed by atoms with van der Waals surface area (Å²) >= 11 is 1.65. The van der Waals surface area contributed by atoms with E-state index in [0.29, 0.717) is 32.2 Å². The standard InChI is InChI=1S/C16H30N4O2S.HI/c1-6-17-16(18-7-15(21)10-22-9-12(2)3)20(5)8-14-11-23-13(4)19-14;/h11-12,15,21H,6-10H2,1-5H3,(H,17,18);1H. The number of nitrogens with one attached hydrogen (secondary N) is 1. The second kappa shape index (κ2) is 12.8. The highest BCUT2D eigenvalue weighted by Gasteiger charge is 2.10. The van der Waals surface area contributed by atoms with Crippen molar-refractivity contribution in [1.82, 2.24) is 15.2 Å². The number of aliphatic imine (C=N–C) groups is 1. The number of aryl methyl sites for hydroxylation is 1. The Morgan fingerprint density at radius 1 is 1.46 bits per heavy atom. The van der Waals surface area contributed by atoms with Crippen molar-refractivity contribution >= 4 is 41.3 Å². The minimum atomic E-state index is -0.586. The Bertz CT molecular complexity index is 482. The number of hydrogen-bond donors (Lipinski definition) is 2. The first-order chi connectivity index (χ1) is 10.9. The van der Waals surface area contributed by atoms with Crippen LogP contribution in [0.25, 0.3) is 0 Å². The molecule has 2 N–H and O–H groups in total. The lowest BCUT2D eigenvalue weighted by molar-refractivity contribution is 0.0300. The molecule has 0 spiro atoms. The first-order valence-corrected chi connectivity index (χ1v) is 8.96. The topological polar surface area (TPSA) is 70.0 Å². The molecule has 24 heavy (non-hydrogen) atoms. The normalized spacial score (nSPS) is 12.9. The molecule has 1 aromatic rings. The van der Waals surface area contributed by atoms with Gasteiger partial charge in [-0.05, 0) is 19.8 Å². The summed E-state index contributed by atoms with van der Waals surface area (Å²) in [6.45, 7) is 11.0. The number of rotatable bonds is 9. The van der Waals surface area contributed by atoms with Gasteiger partial charge in [-0.3, -0.25) is 4.99 Å². The van der Waals surface area contributed by atoms with Gasteiger partial charge in [0.2, 0.25) is 0 Å². The average molecular weight is 470 g/mol. The molecule has 1 rings (SSSR count). The molecule has 0 aliphatic carbocycles. The third-order valence-corrected chi connectivity index (χ3v) is 3.80. The molecule has 0 saturated heterocycles. The van der Waals surface area contributed by atoms with E-state index in [2.05, 4.69) is 34.5 Å². The van der Waals surface area contributed by atoms with Crippen molar-refractivity contribution in [1.29, 1.82) is 0 Å². The second-order valence-electron chi connectivity index (χ2n) is 5.99. The number of aromatic nitrogens is 1. The van der Waals surface area contributed by atoms with Gasteiger partial charge in [0.15, 0.2) is 5.96 Å². The Kier molecular flexibility index (Phi) is 12.6. The molecule has 1 heterocycles. The van der Waals surface area contributed by atoms with Gasteiger partial charge in [0, 0.05) is 25.6 Å². The molecule has 0 aliphatic rings. The molecule has 0 fully saturated rings. The fourth-order valence-corrected chi connectivity index (χ4v) is 2.56. The highest BCUT2D eigenvalue weighted by Crippen LogP contribution is 2.09. The summed E-state index contributed by atoms with van der Waals surface area (Å²) in [7, 11) is 1.97. The van der Waals surface area contributed by atoms with Crippen molar-refractivity contribution in [3.05, 3.63) is 16.1 Å². The maximum absolute atomic E-state index is 9.96. The van der Waals surface area contributed by atoms with E-state index >= 15 is 0 Å². The second-order valence-corrected chi connectivity index (χ2v) is 7.06. The molecule has 1 unspecified atom stereocenters. The third kappa shape index (κ3) is 9.75. The van der Waals surface area contributed by atoms with Crippen LogP contribution in [0.1, 0.15) is 31.5 Å². The summed E-state index contributed by atoms with van der Waals surface area (Å²) in [5.74, 6) is 1.23. The zero-order valence-electron chi connectivity index (χ0n) is 15.3. The molecule has 0 radical (unpaired) electrons. The lowest BCUT2D eigenvalue weighted by Gasteiger charge is -2.21. The lowest BCUT2D eigenvalue weighted by atomic mass is 10.2. The molecule has 0 aliphatic heterocycles. The predicted molar refractivity (Wildman–Crippen MR) is 111 cm³/mol. The molecular weight excluding hydrogens is 439 g/mol. The highest BCUT2D eigenvalue weighted by atomic mass is 127. The number of ether oxygens (including phenoxy) is 1. The van der Waals surface area contributed by atoms with Gasteiger partial charge in [-0.2, -0.15) is 0 Å². The fourth-order valence-electron chi connectivity index (χ4n) is 1.95. The molecule has 1 aromatic heterocycles. The van der Waals surface area contributed by atoms with E-state index in [1.165, 1.54) is 0 Å². The molecule has 6 nitrogen and oxygen atoms in total. The number of aliphatic hydroxyl groups excluding tert-OH is 1. The Balaban J connectivity index is 0.00000529. The summed E-state index contributed by atoms with van der Waals surface area (Å²) in [6.07, 6.45) is -0.586. The summed E-state index contributed by atoms with van der Waals surface area (Å²) in [5, 5.41) is 16.3. The number of halogens is 1. The highest BCUT2D eigenvalue weighted by molar-refractivity contribution is 14.0. The maximum atomic E-state index is 9.96. The minimum Gasteiger partial charge on any atom is -0.389 e. The van der Waals surface area contributed by atoms with E-state index in [4.69, 9.17) is 4.74 Å². The molecular formula is C16H31IN4O2S. The van der Waals surface area contributed by atoms with E-state index in [1.807, 2.05) is 25.8 Å². The molecule has 0 aromatic carbocycles. The van der Waals surface area contributed by atoms with E-state index in [0.717, 1.165) is 23.2 Å². The van der Waals surface area contributed by atoms with E-state index in [-0.39, 0.29) is 24.0 Å². The van der Waals surface area contributed by atoms with Gasteiger partial charge in [0.05, 0.1) is 36.5 Å². The number of guanidine groups is 1. The van der Waals surface area contributed by atoms with Crippen LogP contribution < -0.4 is 5.32 Å². The SMILES string of the molecule is CCNC(=NCC(O)COCC(C)C)N(C)Cc1csc(C)n1.I. The number of aliphatic hydroxyl groups is 1. The van der Waals surface area contributed by atoms with Gasteiger partial charge in [-0.25, -0.2) is 4.98 Å². The summed E-state index contributed by atoms with van der Waals surface area (Å²) in [5.41, 5.74) is 1.03. The number of thiazole rings is 1. The quantitative estimate of drug-likeness (QED) is 0.330. The Morgan fingerprint density at radius 2 is 2.17 bits per heavy atom. The third-order valence-electron chi connectivity index (χ3n) is 2.98. The van der Waals surface area contributed by atoms with Crippen LogP contribution in [-0.2, 0) is 11.3 Å². The lowest BCUT2D eigenvalue weighted by Crippen LogP contribution is -2.39. The van der Waals surface area contributed by atoms with Gasteiger partial charge >= 0.3 is 0 Å². The van der Waals surface area contributed by atoms with Crippen LogP contribution in [0.3, 0.4) is 0 Å². The smallest absolute Gasteiger partial charge is 0.194 e. The molecule has 140 valence electrons. The molecule has 8 heteroatoms. The van der Waals surface area contributed by atoms with Crippen molar-refractivity contribution in [2.24, 2.45) is 10.9 Å². The minimum absolute atomic E-state index is 0. The molecule has 0 saturated carbocycles. The van der Waals surface area contributed by atoms with Gasteiger partial charge in [-0.15, -0.1) is 35.3 Å². The van der Waals surface area contributed by atoms with Crippen LogP contribution in [-0.4, -0.2) is 60.4 Å². The van der Waals surface area contributed by atoms with Crippen molar-refractivity contribution < 1.29 is 9.84 Å². The Labute approximate surface area is 166 Å². The van der Waals surface area contributed by atoms with Gasteiger partial charge in [0.1, 0.15) is 0 Å². The monoisotopic (exact) mass is 470 g/mol. The van der Waals surface area contributed by atoms with E-state index in [9.17, 15) is 5.11 Å². The van der Waals surface area contributed by atoms with E-state index in [1.54, 1.807) is 11.3 Å². The molecule has 0 bridgehead atoms. The number of hydrogen-bond acceptors (Lipinski definition) is 5. The van der Waals surface area contributed by atoms with Crippen molar-refractivity contribution in [2.75, 3.05) is 33.4 Å².